The summed E-state index contributed by atoms with van der Waals surface area (Å²) in [5, 5.41) is 7.00. The third kappa shape index (κ3) is 4.90. The van der Waals surface area contributed by atoms with Crippen molar-refractivity contribution in [1.29, 1.82) is 0 Å². The number of sulfonamides is 1. The Kier molecular flexibility index (Phi) is 6.30. The minimum atomic E-state index is -3.99. The molecule has 4 aromatic rings. The summed E-state index contributed by atoms with van der Waals surface area (Å²) in [6.07, 6.45) is 0. The molecule has 0 unspecified atom stereocenters. The molecule has 0 bridgehead atoms. The highest BCUT2D eigenvalue weighted by Crippen LogP contribution is 2.19. The number of carbonyl (C=O) groups excluding carboxylic acids is 2. The van der Waals surface area contributed by atoms with Gasteiger partial charge in [-0.25, -0.2) is 13.5 Å². The summed E-state index contributed by atoms with van der Waals surface area (Å²) in [4.78, 5) is 36.8. The van der Waals surface area contributed by atoms with Crippen LogP contribution in [-0.4, -0.2) is 30.4 Å². The summed E-state index contributed by atoms with van der Waals surface area (Å²) in [6, 6.07) is 17.7. The molecule has 3 aromatic carbocycles. The summed E-state index contributed by atoms with van der Waals surface area (Å²) < 4.78 is 27.8. The van der Waals surface area contributed by atoms with E-state index >= 15 is 0 Å². The van der Waals surface area contributed by atoms with Gasteiger partial charge < -0.3 is 0 Å². The summed E-state index contributed by atoms with van der Waals surface area (Å²) >= 11 is 5.81. The van der Waals surface area contributed by atoms with E-state index in [0.717, 1.165) is 6.07 Å². The van der Waals surface area contributed by atoms with E-state index < -0.39 is 27.4 Å². The SMILES string of the molecule is O=C(NNC(=O)c1n[nH]c(=O)c2ccccc12)c1cccc(S(=O)(=O)Nc2ccc(Cl)cc2)c1. The number of aromatic amines is 1. The first-order chi connectivity index (χ1) is 16.2. The molecule has 4 N–H and O–H groups in total. The molecule has 0 aliphatic heterocycles. The van der Waals surface area contributed by atoms with Crippen LogP contribution >= 0.6 is 11.6 Å². The summed E-state index contributed by atoms with van der Waals surface area (Å²) in [5.41, 5.74) is 4.15. The molecule has 12 heteroatoms. The van der Waals surface area contributed by atoms with Crippen molar-refractivity contribution in [2.75, 3.05) is 4.72 Å². The maximum Gasteiger partial charge on any atom is 0.290 e. The van der Waals surface area contributed by atoms with Crippen LogP contribution in [0.15, 0.2) is 82.5 Å². The molecule has 0 saturated heterocycles. The summed E-state index contributed by atoms with van der Waals surface area (Å²) in [6.45, 7) is 0. The fourth-order valence-corrected chi connectivity index (χ4v) is 4.30. The van der Waals surface area contributed by atoms with Gasteiger partial charge in [-0.2, -0.15) is 5.10 Å². The summed E-state index contributed by atoms with van der Waals surface area (Å²) in [5.74, 6) is -1.53. The van der Waals surface area contributed by atoms with E-state index in [0.29, 0.717) is 16.1 Å². The Morgan fingerprint density at radius 2 is 1.53 bits per heavy atom. The van der Waals surface area contributed by atoms with Gasteiger partial charge in [0.05, 0.1) is 10.3 Å². The molecule has 0 saturated carbocycles. The Labute approximate surface area is 198 Å². The number of H-pyrrole nitrogens is 1. The minimum absolute atomic E-state index is 0.0152. The van der Waals surface area contributed by atoms with Crippen LogP contribution in [-0.2, 0) is 10.0 Å². The highest BCUT2D eigenvalue weighted by atomic mass is 35.5. The lowest BCUT2D eigenvalue weighted by atomic mass is 10.1. The molecule has 1 aromatic heterocycles. The summed E-state index contributed by atoms with van der Waals surface area (Å²) in [7, 11) is -3.99. The fourth-order valence-electron chi connectivity index (χ4n) is 3.07. The largest absolute Gasteiger partial charge is 0.290 e. The molecule has 1 heterocycles. The first-order valence-corrected chi connectivity index (χ1v) is 11.6. The number of amides is 2. The molecule has 2 amide bonds. The minimum Gasteiger partial charge on any atom is -0.280 e. The van der Waals surface area contributed by atoms with Gasteiger partial charge >= 0.3 is 0 Å². The van der Waals surface area contributed by atoms with Gasteiger partial charge in [0.25, 0.3) is 27.4 Å². The second-order valence-electron chi connectivity index (χ2n) is 7.00. The smallest absolute Gasteiger partial charge is 0.280 e. The van der Waals surface area contributed by atoms with E-state index in [1.54, 1.807) is 18.2 Å². The van der Waals surface area contributed by atoms with Crippen molar-refractivity contribution in [3.63, 3.8) is 0 Å². The van der Waals surface area contributed by atoms with Crippen LogP contribution in [0.3, 0.4) is 0 Å². The van der Waals surface area contributed by atoms with Crippen molar-refractivity contribution in [2.45, 2.75) is 4.90 Å². The second kappa shape index (κ2) is 9.33. The zero-order valence-corrected chi connectivity index (χ0v) is 18.8. The number of nitrogens with zero attached hydrogens (tertiary/aromatic N) is 1. The van der Waals surface area contributed by atoms with Gasteiger partial charge in [-0.1, -0.05) is 35.9 Å². The van der Waals surface area contributed by atoms with Crippen LogP contribution in [0.4, 0.5) is 5.69 Å². The van der Waals surface area contributed by atoms with E-state index in [1.165, 1.54) is 48.5 Å². The number of benzene rings is 3. The Balaban J connectivity index is 1.49. The standard InChI is InChI=1S/C22H16ClN5O5S/c23-14-8-10-15(11-9-14)28-34(32,33)16-5-3-4-13(12-16)20(29)25-27-22(31)19-17-6-1-2-7-18(17)21(30)26-24-19/h1-12,28H,(H,25,29)(H,26,30)(H,27,31). The molecule has 0 atom stereocenters. The predicted octanol–water partition coefficient (Wildman–Crippen LogP) is 2.45. The molecule has 34 heavy (non-hydrogen) atoms. The van der Waals surface area contributed by atoms with Crippen LogP contribution in [0.25, 0.3) is 10.8 Å². The normalized spacial score (nSPS) is 11.1. The average Bonchev–Trinajstić information content (AvgIpc) is 2.84. The number of hydrazine groups is 1. The molecule has 0 spiro atoms. The van der Waals surface area contributed by atoms with Crippen LogP contribution in [0.2, 0.25) is 5.02 Å². The van der Waals surface area contributed by atoms with Gasteiger partial charge in [-0.3, -0.25) is 30.0 Å². The van der Waals surface area contributed by atoms with E-state index in [9.17, 15) is 22.8 Å². The van der Waals surface area contributed by atoms with Crippen molar-refractivity contribution in [1.82, 2.24) is 21.0 Å². The number of rotatable bonds is 5. The van der Waals surface area contributed by atoms with Crippen molar-refractivity contribution in [3.8, 4) is 0 Å². The van der Waals surface area contributed by atoms with E-state index in [4.69, 9.17) is 11.6 Å². The Morgan fingerprint density at radius 3 is 2.26 bits per heavy atom. The molecule has 172 valence electrons. The molecule has 0 aliphatic rings. The van der Waals surface area contributed by atoms with Crippen molar-refractivity contribution >= 4 is 49.9 Å². The highest BCUT2D eigenvalue weighted by Gasteiger charge is 2.18. The number of hydrogen-bond donors (Lipinski definition) is 4. The van der Waals surface area contributed by atoms with E-state index in [1.807, 2.05) is 0 Å². The van der Waals surface area contributed by atoms with Crippen LogP contribution < -0.4 is 21.1 Å². The first-order valence-electron chi connectivity index (χ1n) is 9.71. The fraction of sp³-hybridized carbons (Fsp3) is 0. The number of aromatic nitrogens is 2. The molecule has 0 aliphatic carbocycles. The number of halogens is 1. The average molecular weight is 498 g/mol. The molecule has 10 nitrogen and oxygen atoms in total. The van der Waals surface area contributed by atoms with Crippen molar-refractivity contribution in [3.05, 3.63) is 99.4 Å². The van der Waals surface area contributed by atoms with E-state index in [2.05, 4.69) is 25.8 Å². The maximum atomic E-state index is 12.7. The van der Waals surface area contributed by atoms with Crippen LogP contribution in [0.1, 0.15) is 20.8 Å². The second-order valence-corrected chi connectivity index (χ2v) is 9.11. The quantitative estimate of drug-likeness (QED) is 0.311. The lowest BCUT2D eigenvalue weighted by Crippen LogP contribution is -2.42. The molecule has 0 radical (unpaired) electrons. The van der Waals surface area contributed by atoms with Gasteiger partial charge in [0.1, 0.15) is 0 Å². The number of anilines is 1. The van der Waals surface area contributed by atoms with Crippen molar-refractivity contribution in [2.24, 2.45) is 0 Å². The topological polar surface area (TPSA) is 150 Å². The van der Waals surface area contributed by atoms with Crippen molar-refractivity contribution < 1.29 is 18.0 Å². The lowest BCUT2D eigenvalue weighted by molar-refractivity contribution is 0.0844. The Hall–Kier alpha value is -4.22. The predicted molar refractivity (Wildman–Crippen MR) is 126 cm³/mol. The van der Waals surface area contributed by atoms with Gasteiger partial charge in [0.15, 0.2) is 5.69 Å². The zero-order chi connectivity index (χ0) is 24.3. The van der Waals surface area contributed by atoms with Gasteiger partial charge in [0.2, 0.25) is 0 Å². The number of nitrogens with one attached hydrogen (secondary N) is 4. The third-order valence-corrected chi connectivity index (χ3v) is 6.33. The number of carbonyl (C=O) groups is 2. The van der Waals surface area contributed by atoms with Crippen LogP contribution in [0.5, 0.6) is 0 Å². The lowest BCUT2D eigenvalue weighted by Gasteiger charge is -2.11. The first kappa shape index (κ1) is 23.0. The monoisotopic (exact) mass is 497 g/mol. The molecular formula is C22H16ClN5O5S. The molecule has 4 rings (SSSR count). The molecular weight excluding hydrogens is 482 g/mol. The molecule has 0 fully saturated rings. The van der Waals surface area contributed by atoms with Gasteiger partial charge in [-0.15, -0.1) is 0 Å². The van der Waals surface area contributed by atoms with Gasteiger partial charge in [0, 0.05) is 21.7 Å². The van der Waals surface area contributed by atoms with E-state index in [-0.39, 0.29) is 21.5 Å². The van der Waals surface area contributed by atoms with Crippen LogP contribution in [0, 0.1) is 0 Å². The maximum absolute atomic E-state index is 12.7. The highest BCUT2D eigenvalue weighted by molar-refractivity contribution is 7.92. The third-order valence-electron chi connectivity index (χ3n) is 4.70. The number of hydrogen-bond acceptors (Lipinski definition) is 6. The Bertz CT molecular complexity index is 1570. The number of fused-ring (bicyclic) bond motifs is 1. The van der Waals surface area contributed by atoms with Gasteiger partial charge in [-0.05, 0) is 48.5 Å². The zero-order valence-electron chi connectivity index (χ0n) is 17.2. The Morgan fingerprint density at radius 1 is 0.853 bits per heavy atom.